The second kappa shape index (κ2) is 13.4. The molecule has 57 heavy (non-hydrogen) atoms. The molecule has 0 N–H and O–H groups in total. The summed E-state index contributed by atoms with van der Waals surface area (Å²) >= 11 is 0. The molecule has 1 heterocycles. The molecule has 0 bridgehead atoms. The molecule has 0 aliphatic heterocycles. The summed E-state index contributed by atoms with van der Waals surface area (Å²) in [6.45, 7) is 11.7. The van der Waals surface area contributed by atoms with Gasteiger partial charge in [0.05, 0.1) is 11.0 Å². The maximum absolute atomic E-state index is 2.43. The average Bonchev–Trinajstić information content (AvgIpc) is 3.69. The van der Waals surface area contributed by atoms with E-state index in [0.29, 0.717) is 0 Å². The van der Waals surface area contributed by atoms with Crippen molar-refractivity contribution in [3.05, 3.63) is 198 Å². The van der Waals surface area contributed by atoms with Gasteiger partial charge in [0.25, 0.3) is 0 Å². The van der Waals surface area contributed by atoms with Gasteiger partial charge in [-0.05, 0) is 130 Å². The first-order valence-electron chi connectivity index (χ1n) is 20.4. The maximum atomic E-state index is 2.43. The summed E-state index contributed by atoms with van der Waals surface area (Å²) in [7, 11) is 0. The van der Waals surface area contributed by atoms with E-state index in [9.17, 15) is 0 Å². The molecule has 278 valence electrons. The highest BCUT2D eigenvalue weighted by Crippen LogP contribution is 2.51. The van der Waals surface area contributed by atoms with Crippen LogP contribution >= 0.6 is 0 Å². The summed E-state index contributed by atoms with van der Waals surface area (Å²) in [6.07, 6.45) is 6.90. The van der Waals surface area contributed by atoms with Crippen molar-refractivity contribution >= 4 is 44.4 Å². The minimum Gasteiger partial charge on any atom is -0.310 e. The topological polar surface area (TPSA) is 8.17 Å². The number of hydrogen-bond acceptors (Lipinski definition) is 1. The minimum absolute atomic E-state index is 0.190. The van der Waals surface area contributed by atoms with Crippen molar-refractivity contribution < 1.29 is 0 Å². The van der Waals surface area contributed by atoms with Crippen LogP contribution in [-0.4, -0.2) is 4.57 Å². The summed E-state index contributed by atoms with van der Waals surface area (Å²) < 4.78 is 2.43. The highest BCUT2D eigenvalue weighted by molar-refractivity contribution is 6.09. The summed E-state index contributed by atoms with van der Waals surface area (Å²) in [4.78, 5) is 2.40. The van der Waals surface area contributed by atoms with E-state index >= 15 is 0 Å². The molecule has 2 nitrogen and oxygen atoms in total. The third-order valence-electron chi connectivity index (χ3n) is 12.6. The molecule has 7 aromatic carbocycles. The Morgan fingerprint density at radius 3 is 1.75 bits per heavy atom. The Hall–Kier alpha value is -6.38. The largest absolute Gasteiger partial charge is 0.310 e. The van der Waals surface area contributed by atoms with Gasteiger partial charge in [-0.1, -0.05) is 149 Å². The zero-order chi connectivity index (χ0) is 38.9. The molecule has 0 radical (unpaired) electrons. The van der Waals surface area contributed by atoms with E-state index in [1.807, 2.05) is 0 Å². The number of nitrogens with zero attached hydrogens (tertiary/aromatic N) is 2. The van der Waals surface area contributed by atoms with Crippen LogP contribution in [0.2, 0.25) is 0 Å². The van der Waals surface area contributed by atoms with Gasteiger partial charge < -0.3 is 9.47 Å². The van der Waals surface area contributed by atoms with Crippen LogP contribution in [0.4, 0.5) is 17.1 Å². The second-order valence-corrected chi connectivity index (χ2v) is 17.4. The smallest absolute Gasteiger partial charge is 0.0541 e. The van der Waals surface area contributed by atoms with Gasteiger partial charge in [0, 0.05) is 38.9 Å². The van der Waals surface area contributed by atoms with Crippen molar-refractivity contribution in [1.29, 1.82) is 0 Å². The number of aromatic nitrogens is 1. The quantitative estimate of drug-likeness (QED) is 0.165. The lowest BCUT2D eigenvalue weighted by Crippen LogP contribution is -2.17. The van der Waals surface area contributed by atoms with E-state index < -0.39 is 0 Å². The van der Waals surface area contributed by atoms with Gasteiger partial charge in [-0.25, -0.2) is 0 Å². The van der Waals surface area contributed by atoms with E-state index in [1.165, 1.54) is 77.6 Å². The summed E-state index contributed by atoms with van der Waals surface area (Å²) in [5.74, 6) is 0. The molecule has 0 amide bonds. The molecule has 2 aliphatic rings. The molecule has 2 aliphatic carbocycles. The molecule has 1 aromatic heterocycles. The lowest BCUT2D eigenvalue weighted by molar-refractivity contribution is 0.482. The fourth-order valence-electron chi connectivity index (χ4n) is 9.42. The monoisotopic (exact) mass is 736 g/mol. The van der Waals surface area contributed by atoms with E-state index in [0.717, 1.165) is 29.9 Å². The second-order valence-electron chi connectivity index (χ2n) is 17.4. The van der Waals surface area contributed by atoms with Crippen LogP contribution in [0, 0.1) is 5.41 Å². The van der Waals surface area contributed by atoms with Gasteiger partial charge in [0.1, 0.15) is 0 Å². The molecular weight excluding hydrogens is 689 g/mol. The molecule has 2 heteroatoms. The van der Waals surface area contributed by atoms with E-state index in [-0.39, 0.29) is 10.8 Å². The highest BCUT2D eigenvalue weighted by atomic mass is 15.1. The van der Waals surface area contributed by atoms with Crippen LogP contribution in [0.15, 0.2) is 182 Å². The van der Waals surface area contributed by atoms with Crippen molar-refractivity contribution in [3.8, 4) is 27.9 Å². The number of allylic oxidation sites excluding steroid dienone is 4. The van der Waals surface area contributed by atoms with Crippen molar-refractivity contribution in [2.75, 3.05) is 4.90 Å². The van der Waals surface area contributed by atoms with Crippen LogP contribution in [-0.2, 0) is 5.41 Å². The first kappa shape index (κ1) is 35.1. The summed E-state index contributed by atoms with van der Waals surface area (Å²) in [5, 5.41) is 2.57. The maximum Gasteiger partial charge on any atom is 0.0541 e. The lowest BCUT2D eigenvalue weighted by Gasteiger charge is -2.28. The standard InChI is InChI=1S/C55H48N2/c1-54(2,3)41-26-22-37(23-27-41)39-14-13-15-40(34-39)38-24-28-43(29-25-38)56(42-16-7-6-8-17-42)44-30-32-46-47-33-31-45(36-51(47)55(4,5)50(46)35-44)57-52-20-11-9-18-48(52)49-19-10-12-21-53(49)57/h6-22,24-26,28-36H,23,27H2,1-5H3. The van der Waals surface area contributed by atoms with Crippen molar-refractivity contribution in [2.45, 2.75) is 52.9 Å². The first-order valence-corrected chi connectivity index (χ1v) is 20.4. The number of rotatable bonds is 6. The van der Waals surface area contributed by atoms with Crippen molar-refractivity contribution in [1.82, 2.24) is 4.57 Å². The summed E-state index contributed by atoms with van der Waals surface area (Å²) in [5.41, 5.74) is 19.2. The lowest BCUT2D eigenvalue weighted by atomic mass is 9.79. The van der Waals surface area contributed by atoms with Crippen LogP contribution in [0.3, 0.4) is 0 Å². The predicted octanol–water partition coefficient (Wildman–Crippen LogP) is 15.4. The fourth-order valence-corrected chi connectivity index (χ4v) is 9.42. The fraction of sp³-hybridized carbons (Fsp3) is 0.164. The predicted molar refractivity (Wildman–Crippen MR) is 243 cm³/mol. The Morgan fingerprint density at radius 2 is 1.09 bits per heavy atom. The number of para-hydroxylation sites is 3. The first-order chi connectivity index (χ1) is 27.6. The van der Waals surface area contributed by atoms with Crippen molar-refractivity contribution in [2.24, 2.45) is 5.41 Å². The van der Waals surface area contributed by atoms with Gasteiger partial charge in [0.15, 0.2) is 0 Å². The van der Waals surface area contributed by atoms with Crippen LogP contribution in [0.25, 0.3) is 55.3 Å². The summed E-state index contributed by atoms with van der Waals surface area (Å²) in [6, 6.07) is 60.6. The van der Waals surface area contributed by atoms with E-state index in [4.69, 9.17) is 0 Å². The Labute approximate surface area is 337 Å². The molecular formula is C55H48N2. The molecule has 8 aromatic rings. The third kappa shape index (κ3) is 5.94. The van der Waals surface area contributed by atoms with E-state index in [2.05, 4.69) is 220 Å². The van der Waals surface area contributed by atoms with Gasteiger partial charge in [-0.15, -0.1) is 0 Å². The number of fused-ring (bicyclic) bond motifs is 6. The van der Waals surface area contributed by atoms with Gasteiger partial charge in [-0.3, -0.25) is 0 Å². The van der Waals surface area contributed by atoms with Gasteiger partial charge in [0.2, 0.25) is 0 Å². The van der Waals surface area contributed by atoms with Crippen LogP contribution in [0.5, 0.6) is 0 Å². The zero-order valence-electron chi connectivity index (χ0n) is 33.6. The zero-order valence-corrected chi connectivity index (χ0v) is 33.6. The third-order valence-corrected chi connectivity index (χ3v) is 12.6. The Morgan fingerprint density at radius 1 is 0.491 bits per heavy atom. The SMILES string of the molecule is CC(C)(C)C1=CC=C(c2cccc(-c3ccc(N(c4ccccc4)c4ccc5c(c4)C(C)(C)c4cc(-n6c7ccccc7c7ccccc76)ccc4-5)cc3)c2)CC1. The number of benzene rings is 7. The Bertz CT molecular complexity index is 2840. The highest BCUT2D eigenvalue weighted by Gasteiger charge is 2.36. The molecule has 0 fully saturated rings. The normalized spacial score (nSPS) is 14.6. The van der Waals surface area contributed by atoms with Crippen LogP contribution < -0.4 is 4.90 Å². The minimum atomic E-state index is -0.190. The molecule has 10 rings (SSSR count). The molecule has 0 saturated carbocycles. The van der Waals surface area contributed by atoms with Gasteiger partial charge in [-0.2, -0.15) is 0 Å². The number of hydrogen-bond donors (Lipinski definition) is 0. The average molecular weight is 737 g/mol. The Kier molecular flexibility index (Phi) is 8.23. The number of anilines is 3. The van der Waals surface area contributed by atoms with E-state index in [1.54, 1.807) is 0 Å². The molecule has 0 saturated heterocycles. The molecule has 0 atom stereocenters. The molecule has 0 unspecified atom stereocenters. The van der Waals surface area contributed by atoms with Crippen LogP contribution in [0.1, 0.15) is 64.2 Å². The Balaban J connectivity index is 1.00. The molecule has 0 spiro atoms. The van der Waals surface area contributed by atoms with Gasteiger partial charge >= 0.3 is 0 Å². The van der Waals surface area contributed by atoms with Crippen molar-refractivity contribution in [3.63, 3.8) is 0 Å².